The molecule has 7 nitrogen and oxygen atoms in total. The summed E-state index contributed by atoms with van der Waals surface area (Å²) in [6.45, 7) is 4.79. The zero-order chi connectivity index (χ0) is 16.4. The second kappa shape index (κ2) is 8.60. The monoisotopic (exact) mass is 387 g/mol. The van der Waals surface area contributed by atoms with E-state index in [1.807, 2.05) is 23.1 Å². The van der Waals surface area contributed by atoms with Crippen molar-refractivity contribution >= 4 is 30.7 Å². The van der Waals surface area contributed by atoms with Crippen molar-refractivity contribution < 1.29 is 9.32 Å². The molecule has 0 aromatic carbocycles. The third-order valence-corrected chi connectivity index (χ3v) is 4.02. The summed E-state index contributed by atoms with van der Waals surface area (Å²) in [5.41, 5.74) is 5.75. The quantitative estimate of drug-likeness (QED) is 0.867. The zero-order valence-corrected chi connectivity index (χ0v) is 15.8. The van der Waals surface area contributed by atoms with E-state index < -0.39 is 5.54 Å². The van der Waals surface area contributed by atoms with Gasteiger partial charge < -0.3 is 15.2 Å². The molecule has 0 spiro atoms. The predicted octanol–water partition coefficient (Wildman–Crippen LogP) is 2.42. The van der Waals surface area contributed by atoms with Gasteiger partial charge in [-0.3, -0.25) is 9.78 Å². The summed E-state index contributed by atoms with van der Waals surface area (Å²) in [4.78, 5) is 22.7. The fourth-order valence-electron chi connectivity index (χ4n) is 2.74. The molecule has 0 unspecified atom stereocenters. The van der Waals surface area contributed by atoms with E-state index >= 15 is 0 Å². The number of aromatic nitrogens is 3. The van der Waals surface area contributed by atoms with Crippen molar-refractivity contribution in [1.82, 2.24) is 20.0 Å². The highest BCUT2D eigenvalue weighted by atomic mass is 35.5. The Bertz CT molecular complexity index is 679. The van der Waals surface area contributed by atoms with Crippen LogP contribution >= 0.6 is 24.8 Å². The Kier molecular flexibility index (Phi) is 7.34. The first kappa shape index (κ1) is 21.3. The molecule has 9 heteroatoms. The summed E-state index contributed by atoms with van der Waals surface area (Å²) < 4.78 is 5.39. The van der Waals surface area contributed by atoms with Gasteiger partial charge in [0.15, 0.2) is 0 Å². The summed E-state index contributed by atoms with van der Waals surface area (Å²) >= 11 is 0. The van der Waals surface area contributed by atoms with Gasteiger partial charge in [-0.1, -0.05) is 11.2 Å². The molecule has 3 heterocycles. The average molecular weight is 388 g/mol. The van der Waals surface area contributed by atoms with Crippen molar-refractivity contribution in [2.45, 2.75) is 38.1 Å². The molecule has 1 fully saturated rings. The zero-order valence-electron chi connectivity index (χ0n) is 14.2. The lowest BCUT2D eigenvalue weighted by Gasteiger charge is -2.34. The van der Waals surface area contributed by atoms with E-state index in [0.717, 1.165) is 12.8 Å². The number of halogens is 2. The topological polar surface area (TPSA) is 98.1 Å². The van der Waals surface area contributed by atoms with Crippen LogP contribution in [0.25, 0.3) is 11.5 Å². The number of piperidine rings is 1. The number of carbonyl (C=O) groups is 1. The number of rotatable bonds is 3. The van der Waals surface area contributed by atoms with E-state index in [0.29, 0.717) is 30.5 Å². The molecular formula is C16H23Cl2N5O2. The molecule has 0 saturated carbocycles. The lowest BCUT2D eigenvalue weighted by atomic mass is 9.95. The third kappa shape index (κ3) is 4.90. The van der Waals surface area contributed by atoms with E-state index in [2.05, 4.69) is 15.1 Å². The summed E-state index contributed by atoms with van der Waals surface area (Å²) in [7, 11) is 0. The molecule has 1 aliphatic heterocycles. The largest absolute Gasteiger partial charge is 0.341 e. The number of nitrogens with zero attached hydrogens (tertiary/aromatic N) is 4. The molecule has 0 aliphatic carbocycles. The van der Waals surface area contributed by atoms with E-state index in [1.54, 1.807) is 20.0 Å². The lowest BCUT2D eigenvalue weighted by molar-refractivity contribution is -0.136. The van der Waals surface area contributed by atoms with Gasteiger partial charge in [0.1, 0.15) is 5.69 Å². The van der Waals surface area contributed by atoms with E-state index in [4.69, 9.17) is 10.3 Å². The first-order valence-electron chi connectivity index (χ1n) is 7.78. The van der Waals surface area contributed by atoms with Gasteiger partial charge in [-0.15, -0.1) is 24.8 Å². The lowest BCUT2D eigenvalue weighted by Crippen LogP contribution is -2.53. The molecule has 1 aliphatic rings. The van der Waals surface area contributed by atoms with Crippen LogP contribution in [0.3, 0.4) is 0 Å². The van der Waals surface area contributed by atoms with E-state index in [1.165, 1.54) is 0 Å². The molecule has 3 rings (SSSR count). The molecule has 1 saturated heterocycles. The number of nitrogens with two attached hydrogens (primary N) is 1. The highest BCUT2D eigenvalue weighted by Crippen LogP contribution is 2.28. The highest BCUT2D eigenvalue weighted by molar-refractivity contribution is 5.86. The number of pyridine rings is 1. The highest BCUT2D eigenvalue weighted by Gasteiger charge is 2.32. The van der Waals surface area contributed by atoms with Crippen LogP contribution in [0.2, 0.25) is 0 Å². The maximum absolute atomic E-state index is 12.2. The van der Waals surface area contributed by atoms with Crippen molar-refractivity contribution in [3.63, 3.8) is 0 Å². The minimum atomic E-state index is -0.830. The number of carbonyl (C=O) groups excluding carboxylic acids is 1. The van der Waals surface area contributed by atoms with Gasteiger partial charge in [-0.25, -0.2) is 0 Å². The van der Waals surface area contributed by atoms with Gasteiger partial charge in [0.05, 0.1) is 5.54 Å². The van der Waals surface area contributed by atoms with Crippen LogP contribution in [0.15, 0.2) is 28.9 Å². The Balaban J connectivity index is 0.00000156. The van der Waals surface area contributed by atoms with E-state index in [-0.39, 0.29) is 36.6 Å². The fraction of sp³-hybridized carbons (Fsp3) is 0.500. The molecular weight excluding hydrogens is 365 g/mol. The number of hydrogen-bond donors (Lipinski definition) is 1. The fourth-order valence-corrected chi connectivity index (χ4v) is 2.74. The van der Waals surface area contributed by atoms with Crippen LogP contribution in [0, 0.1) is 0 Å². The second-order valence-electron chi connectivity index (χ2n) is 6.46. The van der Waals surface area contributed by atoms with Crippen LogP contribution < -0.4 is 5.73 Å². The van der Waals surface area contributed by atoms with Gasteiger partial charge in [0.2, 0.25) is 17.6 Å². The SMILES string of the molecule is CC(C)(N)C(=O)N1CCC(c2nc(-c3ccccn3)no2)CC1.Cl.Cl. The molecule has 2 aromatic rings. The van der Waals surface area contributed by atoms with Crippen molar-refractivity contribution in [3.8, 4) is 11.5 Å². The van der Waals surface area contributed by atoms with Gasteiger partial charge in [0, 0.05) is 25.2 Å². The van der Waals surface area contributed by atoms with Crippen molar-refractivity contribution in [2.75, 3.05) is 13.1 Å². The molecule has 0 atom stereocenters. The number of amides is 1. The number of likely N-dealkylation sites (tertiary alicyclic amines) is 1. The van der Waals surface area contributed by atoms with Gasteiger partial charge in [-0.2, -0.15) is 4.98 Å². The molecule has 2 N–H and O–H groups in total. The van der Waals surface area contributed by atoms with Crippen molar-refractivity contribution in [1.29, 1.82) is 0 Å². The third-order valence-electron chi connectivity index (χ3n) is 4.02. The van der Waals surface area contributed by atoms with Gasteiger partial charge >= 0.3 is 0 Å². The van der Waals surface area contributed by atoms with Crippen LogP contribution in [0.4, 0.5) is 0 Å². The Morgan fingerprint density at radius 2 is 1.96 bits per heavy atom. The minimum Gasteiger partial charge on any atom is -0.341 e. The van der Waals surface area contributed by atoms with Crippen LogP contribution in [0.1, 0.15) is 38.5 Å². The molecule has 25 heavy (non-hydrogen) atoms. The Hall–Kier alpha value is -1.70. The Morgan fingerprint density at radius 1 is 1.28 bits per heavy atom. The van der Waals surface area contributed by atoms with Gasteiger partial charge in [-0.05, 0) is 38.8 Å². The molecule has 138 valence electrons. The van der Waals surface area contributed by atoms with Crippen molar-refractivity contribution in [3.05, 3.63) is 30.3 Å². The smallest absolute Gasteiger partial charge is 0.242 e. The first-order chi connectivity index (χ1) is 10.9. The van der Waals surface area contributed by atoms with Crippen LogP contribution in [-0.4, -0.2) is 44.6 Å². The van der Waals surface area contributed by atoms with Gasteiger partial charge in [0.25, 0.3) is 0 Å². The standard InChI is InChI=1S/C16H21N5O2.2ClH/c1-16(2,17)15(22)21-9-6-11(7-10-21)14-19-13(20-23-14)12-5-3-4-8-18-12;;/h3-5,8,11H,6-7,9-10,17H2,1-2H3;2*1H. The molecule has 1 amide bonds. The maximum atomic E-state index is 12.2. The van der Waals surface area contributed by atoms with E-state index in [9.17, 15) is 4.79 Å². The second-order valence-corrected chi connectivity index (χ2v) is 6.46. The Labute approximate surface area is 159 Å². The number of hydrogen-bond acceptors (Lipinski definition) is 6. The molecule has 2 aromatic heterocycles. The minimum absolute atomic E-state index is 0. The summed E-state index contributed by atoms with van der Waals surface area (Å²) in [5, 5.41) is 4.01. The normalized spacial score (nSPS) is 15.2. The summed E-state index contributed by atoms with van der Waals surface area (Å²) in [6, 6.07) is 5.58. The summed E-state index contributed by atoms with van der Waals surface area (Å²) in [6.07, 6.45) is 3.29. The van der Waals surface area contributed by atoms with Crippen molar-refractivity contribution in [2.24, 2.45) is 5.73 Å². The maximum Gasteiger partial charge on any atom is 0.242 e. The summed E-state index contributed by atoms with van der Waals surface area (Å²) in [5.74, 6) is 1.27. The average Bonchev–Trinajstić information content (AvgIpc) is 3.04. The predicted molar refractivity (Wildman–Crippen MR) is 98.8 cm³/mol. The Morgan fingerprint density at radius 3 is 2.52 bits per heavy atom. The van der Waals surface area contributed by atoms with Crippen LogP contribution in [-0.2, 0) is 4.79 Å². The van der Waals surface area contributed by atoms with Crippen LogP contribution in [0.5, 0.6) is 0 Å². The molecule has 0 radical (unpaired) electrons. The first-order valence-corrected chi connectivity index (χ1v) is 7.78. The molecule has 0 bridgehead atoms.